The van der Waals surface area contributed by atoms with Crippen molar-refractivity contribution in [3.8, 4) is 10.4 Å². The molecule has 1 unspecified atom stereocenters. The molecular formula is C31H41N3O5S. The molecule has 3 aliphatic rings. The third kappa shape index (κ3) is 6.20. The average molecular weight is 568 g/mol. The summed E-state index contributed by atoms with van der Waals surface area (Å²) in [4.78, 5) is 44.5. The van der Waals surface area contributed by atoms with Gasteiger partial charge in [0.2, 0.25) is 0 Å². The largest absolute Gasteiger partial charge is 0.459 e. The highest BCUT2D eigenvalue weighted by molar-refractivity contribution is 7.20. The van der Waals surface area contributed by atoms with E-state index in [2.05, 4.69) is 10.2 Å². The van der Waals surface area contributed by atoms with E-state index in [4.69, 9.17) is 9.47 Å². The number of esters is 1. The summed E-state index contributed by atoms with van der Waals surface area (Å²) in [6.45, 7) is 12.4. The molecule has 3 fully saturated rings. The number of rotatable bonds is 4. The highest BCUT2D eigenvalue weighted by Crippen LogP contribution is 2.47. The number of nitrogens with zero attached hydrogens (tertiary/aromatic N) is 2. The smallest absolute Gasteiger partial charge is 0.412 e. The van der Waals surface area contributed by atoms with Crippen LogP contribution in [0.15, 0.2) is 36.4 Å². The Kier molecular flexibility index (Phi) is 7.74. The lowest BCUT2D eigenvalue weighted by molar-refractivity contribution is -0.154. The van der Waals surface area contributed by atoms with Gasteiger partial charge in [-0.15, -0.1) is 11.3 Å². The van der Waals surface area contributed by atoms with Gasteiger partial charge in [-0.25, -0.2) is 4.79 Å². The van der Waals surface area contributed by atoms with Crippen LogP contribution >= 0.6 is 11.3 Å². The zero-order valence-electron chi connectivity index (χ0n) is 24.2. The fourth-order valence-electron chi connectivity index (χ4n) is 6.46. The van der Waals surface area contributed by atoms with Crippen LogP contribution in [0.2, 0.25) is 0 Å². The molecule has 4 heterocycles. The Labute approximate surface area is 241 Å². The van der Waals surface area contributed by atoms with Crippen molar-refractivity contribution in [2.45, 2.75) is 84.0 Å². The van der Waals surface area contributed by atoms with E-state index in [-0.39, 0.29) is 11.9 Å². The monoisotopic (exact) mass is 567 g/mol. The molecule has 1 spiro atoms. The molecule has 3 saturated heterocycles. The summed E-state index contributed by atoms with van der Waals surface area (Å²) < 4.78 is 11.2. The lowest BCUT2D eigenvalue weighted by Gasteiger charge is -2.44. The van der Waals surface area contributed by atoms with Crippen molar-refractivity contribution in [3.63, 3.8) is 0 Å². The maximum absolute atomic E-state index is 13.8. The molecule has 216 valence electrons. The van der Waals surface area contributed by atoms with Crippen LogP contribution in [-0.4, -0.2) is 71.2 Å². The number of likely N-dealkylation sites (tertiary alicyclic amines) is 2. The number of ether oxygens (including phenoxy) is 2. The van der Waals surface area contributed by atoms with Crippen LogP contribution in [-0.2, 0) is 14.3 Å². The van der Waals surface area contributed by atoms with Gasteiger partial charge in [-0.1, -0.05) is 30.3 Å². The number of thiophene rings is 1. The minimum Gasteiger partial charge on any atom is -0.459 e. The minimum atomic E-state index is -0.645. The molecule has 8 nitrogen and oxygen atoms in total. The first-order valence-electron chi connectivity index (χ1n) is 14.3. The second-order valence-corrected chi connectivity index (χ2v) is 14.1. The van der Waals surface area contributed by atoms with E-state index in [1.54, 1.807) is 0 Å². The molecule has 9 heteroatoms. The molecular weight excluding hydrogens is 526 g/mol. The maximum atomic E-state index is 13.8. The number of anilines is 1. The van der Waals surface area contributed by atoms with Crippen molar-refractivity contribution in [1.82, 2.24) is 9.80 Å². The molecule has 1 N–H and O–H groups in total. The van der Waals surface area contributed by atoms with Crippen LogP contribution < -0.4 is 5.32 Å². The van der Waals surface area contributed by atoms with Gasteiger partial charge in [-0.05, 0) is 78.5 Å². The van der Waals surface area contributed by atoms with Gasteiger partial charge >= 0.3 is 12.1 Å². The highest BCUT2D eigenvalue weighted by Gasteiger charge is 2.54. The Morgan fingerprint density at radius 3 is 2.42 bits per heavy atom. The van der Waals surface area contributed by atoms with Crippen LogP contribution in [0.1, 0.15) is 77.1 Å². The number of amides is 2. The molecule has 40 heavy (non-hydrogen) atoms. The number of carbonyl (C=O) groups is 3. The van der Waals surface area contributed by atoms with E-state index >= 15 is 0 Å². The number of carbonyl (C=O) groups excluding carboxylic acids is 3. The van der Waals surface area contributed by atoms with Crippen molar-refractivity contribution in [1.29, 1.82) is 0 Å². The van der Waals surface area contributed by atoms with Gasteiger partial charge in [0.25, 0.3) is 5.91 Å². The van der Waals surface area contributed by atoms with E-state index in [0.29, 0.717) is 29.7 Å². The molecule has 0 bridgehead atoms. The Bertz CT molecular complexity index is 1260. The summed E-state index contributed by atoms with van der Waals surface area (Å²) in [6.07, 6.45) is 3.77. The topological polar surface area (TPSA) is 88.2 Å². The Morgan fingerprint density at radius 1 is 1.10 bits per heavy atom. The van der Waals surface area contributed by atoms with E-state index in [9.17, 15) is 14.4 Å². The van der Waals surface area contributed by atoms with Crippen molar-refractivity contribution in [2.75, 3.05) is 31.5 Å². The SMILES string of the molecule is CC(C)(C)OC(=O)Nc1sc(-c2ccccc2)cc1C(=O)N1CCC(N2CCCC3(C2)CC(C)(C)OC3=O)CC1. The predicted molar refractivity (Wildman–Crippen MR) is 157 cm³/mol. The molecule has 2 aromatic rings. The Morgan fingerprint density at radius 2 is 1.80 bits per heavy atom. The second kappa shape index (κ2) is 10.8. The summed E-state index contributed by atoms with van der Waals surface area (Å²) in [5.74, 6) is -0.134. The van der Waals surface area contributed by atoms with Gasteiger partial charge in [-0.2, -0.15) is 0 Å². The fraction of sp³-hybridized carbons (Fsp3) is 0.581. The summed E-state index contributed by atoms with van der Waals surface area (Å²) >= 11 is 1.38. The van der Waals surface area contributed by atoms with Crippen LogP contribution in [0, 0.1) is 5.41 Å². The first-order chi connectivity index (χ1) is 18.8. The predicted octanol–water partition coefficient (Wildman–Crippen LogP) is 6.17. The lowest BCUT2D eigenvalue weighted by atomic mass is 9.74. The summed E-state index contributed by atoms with van der Waals surface area (Å²) in [6, 6.07) is 12.1. The molecule has 0 saturated carbocycles. The van der Waals surface area contributed by atoms with Crippen molar-refractivity contribution in [2.24, 2.45) is 5.41 Å². The zero-order valence-corrected chi connectivity index (χ0v) is 25.1. The zero-order chi connectivity index (χ0) is 28.7. The Balaban J connectivity index is 1.28. The van der Waals surface area contributed by atoms with Crippen molar-refractivity contribution in [3.05, 3.63) is 42.0 Å². The molecule has 0 aliphatic carbocycles. The summed E-state index contributed by atoms with van der Waals surface area (Å²) in [5.41, 5.74) is 0.0287. The standard InChI is InChI=1S/C31H41N3O5S/c1-29(2,3)39-28(37)32-25-23(18-24(40-25)21-10-7-6-8-11-21)26(35)33-16-12-22(13-17-33)34-15-9-14-31(20-34)19-30(4,5)38-27(31)36/h6-8,10-11,18,22H,9,12-17,19-20H2,1-5H3,(H,32,37). The number of nitrogens with one attached hydrogen (secondary N) is 1. The van der Waals surface area contributed by atoms with Crippen LogP contribution in [0.5, 0.6) is 0 Å². The average Bonchev–Trinajstić information content (AvgIpc) is 3.40. The van der Waals surface area contributed by atoms with Gasteiger partial charge in [0.1, 0.15) is 16.2 Å². The number of piperidine rings is 2. The lowest BCUT2D eigenvalue weighted by Crippen LogP contribution is -2.53. The number of cyclic esters (lactones) is 1. The van der Waals surface area contributed by atoms with Gasteiger partial charge in [0.15, 0.2) is 0 Å². The van der Waals surface area contributed by atoms with E-state index in [1.807, 2.05) is 75.9 Å². The van der Waals surface area contributed by atoms with Gasteiger partial charge in [-0.3, -0.25) is 19.8 Å². The first-order valence-corrected chi connectivity index (χ1v) is 15.1. The first kappa shape index (κ1) is 28.6. The van der Waals surface area contributed by atoms with Crippen LogP contribution in [0.25, 0.3) is 10.4 Å². The maximum Gasteiger partial charge on any atom is 0.412 e. The molecule has 1 atom stereocenters. The van der Waals surface area contributed by atoms with E-state index < -0.39 is 22.7 Å². The number of benzene rings is 1. The summed E-state index contributed by atoms with van der Waals surface area (Å²) in [7, 11) is 0. The molecule has 2 amide bonds. The molecule has 3 aliphatic heterocycles. The third-order valence-corrected chi connectivity index (χ3v) is 9.18. The minimum absolute atomic E-state index is 0.0495. The Hall–Kier alpha value is -2.91. The fourth-order valence-corrected chi connectivity index (χ4v) is 7.50. The quantitative estimate of drug-likeness (QED) is 0.444. The number of hydrogen-bond acceptors (Lipinski definition) is 7. The molecule has 1 aromatic carbocycles. The second-order valence-electron chi connectivity index (χ2n) is 13.1. The van der Waals surface area contributed by atoms with Gasteiger partial charge in [0.05, 0.1) is 11.0 Å². The van der Waals surface area contributed by atoms with E-state index in [1.165, 1.54) is 11.3 Å². The third-order valence-electron chi connectivity index (χ3n) is 8.08. The molecule has 1 aromatic heterocycles. The molecule has 5 rings (SSSR count). The van der Waals surface area contributed by atoms with Crippen molar-refractivity contribution >= 4 is 34.3 Å². The van der Waals surface area contributed by atoms with Gasteiger partial charge in [0, 0.05) is 37.0 Å². The van der Waals surface area contributed by atoms with Crippen LogP contribution in [0.3, 0.4) is 0 Å². The van der Waals surface area contributed by atoms with Crippen LogP contribution in [0.4, 0.5) is 9.80 Å². The molecule has 0 radical (unpaired) electrons. The summed E-state index contributed by atoms with van der Waals surface area (Å²) in [5, 5.41) is 3.33. The highest BCUT2D eigenvalue weighted by atomic mass is 32.1. The van der Waals surface area contributed by atoms with Gasteiger partial charge < -0.3 is 14.4 Å². The van der Waals surface area contributed by atoms with Crippen molar-refractivity contribution < 1.29 is 23.9 Å². The number of hydrogen-bond donors (Lipinski definition) is 1. The van der Waals surface area contributed by atoms with E-state index in [0.717, 1.165) is 55.6 Å². The normalized spacial score (nSPS) is 23.7.